The first-order chi connectivity index (χ1) is 9.38. The normalized spacial score (nSPS) is 10.4. The Bertz CT molecular complexity index is 680. The summed E-state index contributed by atoms with van der Waals surface area (Å²) >= 11 is 0. The fraction of sp³-hybridized carbons (Fsp3) is 0.0769. The van der Waals surface area contributed by atoms with Crippen molar-refractivity contribution in [1.82, 2.24) is 20.1 Å². The van der Waals surface area contributed by atoms with Crippen LogP contribution in [0.4, 0.5) is 5.69 Å². The molecule has 0 saturated heterocycles. The van der Waals surface area contributed by atoms with Crippen LogP contribution in [0.25, 0.3) is 23.1 Å². The molecule has 6 heteroatoms. The number of aromatic nitrogens is 4. The molecule has 2 aromatic heterocycles. The van der Waals surface area contributed by atoms with Crippen LogP contribution in [0.2, 0.25) is 0 Å². The van der Waals surface area contributed by atoms with Crippen LogP contribution in [-0.2, 0) is 0 Å². The van der Waals surface area contributed by atoms with Crippen molar-refractivity contribution in [3.63, 3.8) is 0 Å². The molecular formula is C13H11N5O. The number of hydrogen-bond acceptors (Lipinski definition) is 6. The van der Waals surface area contributed by atoms with Gasteiger partial charge < -0.3 is 9.84 Å². The summed E-state index contributed by atoms with van der Waals surface area (Å²) in [7, 11) is 1.84. The molecule has 0 amide bonds. The van der Waals surface area contributed by atoms with Crippen LogP contribution in [0.15, 0.2) is 47.2 Å². The Labute approximate surface area is 109 Å². The van der Waals surface area contributed by atoms with Crippen molar-refractivity contribution in [2.24, 2.45) is 0 Å². The van der Waals surface area contributed by atoms with E-state index in [0.717, 1.165) is 11.3 Å². The quantitative estimate of drug-likeness (QED) is 0.771. The molecule has 0 aliphatic heterocycles. The van der Waals surface area contributed by atoms with Crippen molar-refractivity contribution in [3.05, 3.63) is 42.7 Å². The highest BCUT2D eigenvalue weighted by Crippen LogP contribution is 2.27. The third kappa shape index (κ3) is 2.15. The molecule has 19 heavy (non-hydrogen) atoms. The summed E-state index contributed by atoms with van der Waals surface area (Å²) in [6.45, 7) is 0. The van der Waals surface area contributed by atoms with E-state index in [-0.39, 0.29) is 0 Å². The van der Waals surface area contributed by atoms with Gasteiger partial charge in [0, 0.05) is 25.1 Å². The predicted octanol–water partition coefficient (Wildman–Crippen LogP) is 2.24. The molecule has 0 unspecified atom stereocenters. The monoisotopic (exact) mass is 253 g/mol. The number of hydrogen-bond donors (Lipinski definition) is 1. The van der Waals surface area contributed by atoms with Crippen molar-refractivity contribution in [1.29, 1.82) is 0 Å². The number of rotatable bonds is 3. The van der Waals surface area contributed by atoms with Crippen molar-refractivity contribution in [3.8, 4) is 23.1 Å². The van der Waals surface area contributed by atoms with E-state index in [2.05, 4.69) is 25.4 Å². The minimum Gasteiger partial charge on any atom is -0.387 e. The van der Waals surface area contributed by atoms with Gasteiger partial charge in [0.1, 0.15) is 0 Å². The second-order valence-corrected chi connectivity index (χ2v) is 3.79. The lowest BCUT2D eigenvalue weighted by Gasteiger charge is -2.03. The first-order valence-corrected chi connectivity index (χ1v) is 5.77. The van der Waals surface area contributed by atoms with Crippen molar-refractivity contribution >= 4 is 5.69 Å². The van der Waals surface area contributed by atoms with Crippen LogP contribution in [-0.4, -0.2) is 27.2 Å². The Hall–Kier alpha value is -2.76. The molecule has 0 aliphatic rings. The maximum atomic E-state index is 5.27. The third-order valence-corrected chi connectivity index (χ3v) is 2.62. The molecule has 3 rings (SSSR count). The molecule has 1 aromatic carbocycles. The maximum absolute atomic E-state index is 5.27. The molecule has 94 valence electrons. The summed E-state index contributed by atoms with van der Waals surface area (Å²) in [5.41, 5.74) is 1.77. The summed E-state index contributed by atoms with van der Waals surface area (Å²) in [6, 6.07) is 9.44. The zero-order chi connectivity index (χ0) is 13.1. The zero-order valence-electron chi connectivity index (χ0n) is 10.2. The predicted molar refractivity (Wildman–Crippen MR) is 70.3 cm³/mol. The van der Waals surface area contributed by atoms with E-state index in [0.29, 0.717) is 17.5 Å². The van der Waals surface area contributed by atoms with Gasteiger partial charge in [0.15, 0.2) is 0 Å². The largest absolute Gasteiger partial charge is 0.387 e. The molecule has 0 spiro atoms. The van der Waals surface area contributed by atoms with E-state index >= 15 is 0 Å². The number of nitrogens with one attached hydrogen (secondary N) is 1. The minimum absolute atomic E-state index is 0.376. The molecule has 3 aromatic rings. The second-order valence-electron chi connectivity index (χ2n) is 3.79. The Kier molecular flexibility index (Phi) is 2.89. The first-order valence-electron chi connectivity index (χ1n) is 5.77. The van der Waals surface area contributed by atoms with Crippen molar-refractivity contribution < 1.29 is 4.52 Å². The first kappa shape index (κ1) is 11.3. The Balaban J connectivity index is 2.02. The van der Waals surface area contributed by atoms with Crippen LogP contribution in [0.3, 0.4) is 0 Å². The van der Waals surface area contributed by atoms with Crippen LogP contribution >= 0.6 is 0 Å². The molecule has 0 saturated carbocycles. The number of anilines is 1. The Morgan fingerprint density at radius 1 is 1.00 bits per heavy atom. The second kappa shape index (κ2) is 4.85. The average molecular weight is 253 g/mol. The van der Waals surface area contributed by atoms with Gasteiger partial charge in [0.2, 0.25) is 11.6 Å². The van der Waals surface area contributed by atoms with Gasteiger partial charge in [-0.05, 0) is 18.2 Å². The fourth-order valence-corrected chi connectivity index (χ4v) is 1.73. The molecule has 0 fully saturated rings. The van der Waals surface area contributed by atoms with Gasteiger partial charge in [0.25, 0.3) is 5.89 Å². The molecule has 0 bridgehead atoms. The number of para-hydroxylation sites is 1. The lowest BCUT2D eigenvalue weighted by Crippen LogP contribution is -1.92. The van der Waals surface area contributed by atoms with E-state index in [1.807, 2.05) is 31.3 Å². The van der Waals surface area contributed by atoms with E-state index in [9.17, 15) is 0 Å². The molecule has 0 radical (unpaired) electrons. The van der Waals surface area contributed by atoms with Gasteiger partial charge in [-0.15, -0.1) is 0 Å². The lowest BCUT2D eigenvalue weighted by atomic mass is 10.2. The average Bonchev–Trinajstić information content (AvgIpc) is 2.98. The smallest absolute Gasteiger partial charge is 0.260 e. The summed E-state index contributed by atoms with van der Waals surface area (Å²) in [5.74, 6) is 1.26. The molecule has 2 heterocycles. The highest BCUT2D eigenvalue weighted by molar-refractivity contribution is 5.72. The minimum atomic E-state index is 0.376. The molecule has 0 aliphatic carbocycles. The third-order valence-electron chi connectivity index (χ3n) is 2.62. The molecule has 0 atom stereocenters. The van der Waals surface area contributed by atoms with Crippen molar-refractivity contribution in [2.75, 3.05) is 12.4 Å². The summed E-state index contributed by atoms with van der Waals surface area (Å²) in [6.07, 6.45) is 3.28. The molecule has 1 N–H and O–H groups in total. The standard InChI is InChI=1S/C13H11N5O/c1-14-10-6-3-2-5-9(10)13-17-12(18-19-13)11-15-7-4-8-16-11/h2-8,14H,1H3. The van der Waals surface area contributed by atoms with E-state index in [4.69, 9.17) is 4.52 Å². The summed E-state index contributed by atoms with van der Waals surface area (Å²) < 4.78 is 5.27. The van der Waals surface area contributed by atoms with Gasteiger partial charge in [-0.2, -0.15) is 4.98 Å². The van der Waals surface area contributed by atoms with E-state index in [1.54, 1.807) is 18.5 Å². The van der Waals surface area contributed by atoms with E-state index < -0.39 is 0 Å². The van der Waals surface area contributed by atoms with Crippen LogP contribution in [0.5, 0.6) is 0 Å². The molecule has 6 nitrogen and oxygen atoms in total. The SMILES string of the molecule is CNc1ccccc1-c1nc(-c2ncccn2)no1. The fourth-order valence-electron chi connectivity index (χ4n) is 1.73. The van der Waals surface area contributed by atoms with Crippen LogP contribution < -0.4 is 5.32 Å². The molecular weight excluding hydrogens is 242 g/mol. The van der Waals surface area contributed by atoms with Gasteiger partial charge in [0.05, 0.1) is 5.56 Å². The topological polar surface area (TPSA) is 76.7 Å². The van der Waals surface area contributed by atoms with Crippen LogP contribution in [0.1, 0.15) is 0 Å². The number of benzene rings is 1. The summed E-state index contributed by atoms with van der Waals surface area (Å²) in [4.78, 5) is 12.5. The highest BCUT2D eigenvalue weighted by Gasteiger charge is 2.14. The van der Waals surface area contributed by atoms with Gasteiger partial charge in [-0.25, -0.2) is 9.97 Å². The van der Waals surface area contributed by atoms with Gasteiger partial charge in [-0.1, -0.05) is 17.3 Å². The Morgan fingerprint density at radius 2 is 1.79 bits per heavy atom. The Morgan fingerprint density at radius 3 is 2.58 bits per heavy atom. The van der Waals surface area contributed by atoms with Gasteiger partial charge >= 0.3 is 0 Å². The van der Waals surface area contributed by atoms with Crippen LogP contribution in [0, 0.1) is 0 Å². The lowest BCUT2D eigenvalue weighted by molar-refractivity contribution is 0.432. The van der Waals surface area contributed by atoms with Gasteiger partial charge in [-0.3, -0.25) is 0 Å². The highest BCUT2D eigenvalue weighted by atomic mass is 16.5. The van der Waals surface area contributed by atoms with Crippen molar-refractivity contribution in [2.45, 2.75) is 0 Å². The summed E-state index contributed by atoms with van der Waals surface area (Å²) in [5, 5.41) is 6.98. The number of nitrogens with zero attached hydrogens (tertiary/aromatic N) is 4. The van der Waals surface area contributed by atoms with E-state index in [1.165, 1.54) is 0 Å². The maximum Gasteiger partial charge on any atom is 0.260 e. The zero-order valence-corrected chi connectivity index (χ0v) is 10.2.